The molecule has 2 aliphatic rings. The SMILES string of the molecule is CC[C@@H]1N(S(=O)(=O)c2ccccc2F)CCC[C@@]12CCC(=O)N2. The molecule has 1 N–H and O–H groups in total. The van der Waals surface area contributed by atoms with Crippen LogP contribution >= 0.6 is 0 Å². The van der Waals surface area contributed by atoms with Crippen molar-refractivity contribution in [1.82, 2.24) is 9.62 Å². The minimum Gasteiger partial charge on any atom is -0.349 e. The summed E-state index contributed by atoms with van der Waals surface area (Å²) in [5.74, 6) is -0.772. The molecule has 1 aromatic rings. The Hall–Kier alpha value is -1.47. The quantitative estimate of drug-likeness (QED) is 0.916. The number of halogens is 1. The Balaban J connectivity index is 2.01. The average Bonchev–Trinajstić information content (AvgIpc) is 2.88. The highest BCUT2D eigenvalue weighted by Crippen LogP contribution is 2.39. The normalized spacial score (nSPS) is 29.0. The summed E-state index contributed by atoms with van der Waals surface area (Å²) in [6.45, 7) is 2.26. The fourth-order valence-electron chi connectivity index (χ4n) is 3.99. The van der Waals surface area contributed by atoms with Crippen LogP contribution in [0.3, 0.4) is 0 Å². The Morgan fingerprint density at radius 1 is 1.35 bits per heavy atom. The van der Waals surface area contributed by atoms with Gasteiger partial charge in [0, 0.05) is 19.0 Å². The van der Waals surface area contributed by atoms with E-state index in [-0.39, 0.29) is 16.8 Å². The molecule has 1 spiro atoms. The van der Waals surface area contributed by atoms with Crippen LogP contribution < -0.4 is 5.32 Å². The monoisotopic (exact) mass is 340 g/mol. The molecule has 2 fully saturated rings. The lowest BCUT2D eigenvalue weighted by Gasteiger charge is -2.47. The minimum atomic E-state index is -3.93. The van der Waals surface area contributed by atoms with Crippen molar-refractivity contribution < 1.29 is 17.6 Å². The van der Waals surface area contributed by atoms with Crippen molar-refractivity contribution in [3.8, 4) is 0 Å². The molecule has 7 heteroatoms. The maximum Gasteiger partial charge on any atom is 0.246 e. The Morgan fingerprint density at radius 3 is 2.70 bits per heavy atom. The molecule has 1 amide bonds. The molecule has 2 heterocycles. The largest absolute Gasteiger partial charge is 0.349 e. The number of hydrogen-bond donors (Lipinski definition) is 1. The van der Waals surface area contributed by atoms with Gasteiger partial charge in [-0.05, 0) is 37.8 Å². The van der Waals surface area contributed by atoms with Crippen LogP contribution in [-0.4, -0.2) is 36.8 Å². The van der Waals surface area contributed by atoms with E-state index in [9.17, 15) is 17.6 Å². The van der Waals surface area contributed by atoms with Crippen LogP contribution in [0.5, 0.6) is 0 Å². The van der Waals surface area contributed by atoms with Gasteiger partial charge in [0.05, 0.1) is 5.54 Å². The van der Waals surface area contributed by atoms with Crippen molar-refractivity contribution in [2.45, 2.75) is 55.5 Å². The van der Waals surface area contributed by atoms with Crippen molar-refractivity contribution in [3.63, 3.8) is 0 Å². The molecule has 23 heavy (non-hydrogen) atoms. The lowest BCUT2D eigenvalue weighted by molar-refractivity contribution is -0.120. The zero-order valence-electron chi connectivity index (χ0n) is 13.1. The van der Waals surface area contributed by atoms with Gasteiger partial charge < -0.3 is 5.32 Å². The summed E-state index contributed by atoms with van der Waals surface area (Å²) in [4.78, 5) is 11.4. The number of piperidine rings is 1. The van der Waals surface area contributed by atoms with Crippen LogP contribution in [-0.2, 0) is 14.8 Å². The van der Waals surface area contributed by atoms with Crippen LogP contribution in [0.1, 0.15) is 39.0 Å². The van der Waals surface area contributed by atoms with E-state index in [2.05, 4.69) is 5.32 Å². The molecule has 5 nitrogen and oxygen atoms in total. The smallest absolute Gasteiger partial charge is 0.246 e. The van der Waals surface area contributed by atoms with Gasteiger partial charge in [0.15, 0.2) is 0 Å². The van der Waals surface area contributed by atoms with E-state index >= 15 is 0 Å². The molecule has 3 rings (SSSR count). The molecule has 1 aromatic carbocycles. The fourth-order valence-corrected chi connectivity index (χ4v) is 5.86. The molecule has 2 saturated heterocycles. The first-order valence-electron chi connectivity index (χ1n) is 7.98. The zero-order valence-corrected chi connectivity index (χ0v) is 13.9. The van der Waals surface area contributed by atoms with E-state index < -0.39 is 21.4 Å². The number of amides is 1. The lowest BCUT2D eigenvalue weighted by atomic mass is 9.80. The van der Waals surface area contributed by atoms with E-state index in [0.717, 1.165) is 12.5 Å². The first-order valence-corrected chi connectivity index (χ1v) is 9.42. The van der Waals surface area contributed by atoms with E-state index in [1.165, 1.54) is 22.5 Å². The van der Waals surface area contributed by atoms with Gasteiger partial charge in [0.1, 0.15) is 10.7 Å². The lowest BCUT2D eigenvalue weighted by Crippen LogP contribution is -2.63. The highest BCUT2D eigenvalue weighted by atomic mass is 32.2. The van der Waals surface area contributed by atoms with Crippen molar-refractivity contribution in [3.05, 3.63) is 30.1 Å². The van der Waals surface area contributed by atoms with Crippen molar-refractivity contribution >= 4 is 15.9 Å². The molecule has 126 valence electrons. The summed E-state index contributed by atoms with van der Waals surface area (Å²) in [5, 5.41) is 3.00. The van der Waals surface area contributed by atoms with Gasteiger partial charge in [-0.2, -0.15) is 4.31 Å². The third-order valence-electron chi connectivity index (χ3n) is 4.98. The van der Waals surface area contributed by atoms with Crippen molar-refractivity contribution in [2.75, 3.05) is 6.54 Å². The third kappa shape index (κ3) is 2.65. The number of hydrogen-bond acceptors (Lipinski definition) is 3. The Labute approximate surface area is 135 Å². The summed E-state index contributed by atoms with van der Waals surface area (Å²) >= 11 is 0. The topological polar surface area (TPSA) is 66.5 Å². The second-order valence-electron chi connectivity index (χ2n) is 6.28. The minimum absolute atomic E-state index is 0.0337. The summed E-state index contributed by atoms with van der Waals surface area (Å²) in [6, 6.07) is 5.11. The highest BCUT2D eigenvalue weighted by Gasteiger charge is 2.51. The first kappa shape index (κ1) is 16.4. The molecule has 0 aromatic heterocycles. The third-order valence-corrected chi connectivity index (χ3v) is 6.92. The second-order valence-corrected chi connectivity index (χ2v) is 8.14. The predicted octanol–water partition coefficient (Wildman–Crippen LogP) is 2.04. The molecule has 0 unspecified atom stereocenters. The molecule has 0 bridgehead atoms. The fraction of sp³-hybridized carbons (Fsp3) is 0.562. The Kier molecular flexibility index (Phi) is 4.18. The van der Waals surface area contributed by atoms with Crippen LogP contribution in [0.4, 0.5) is 4.39 Å². The average molecular weight is 340 g/mol. The summed E-state index contributed by atoms with van der Waals surface area (Å²) < 4.78 is 41.4. The molecule has 0 saturated carbocycles. The molecule has 2 atom stereocenters. The van der Waals surface area contributed by atoms with Gasteiger partial charge >= 0.3 is 0 Å². The standard InChI is InChI=1S/C16H21FN2O3S/c1-2-14-16(10-8-15(20)18-16)9-5-11-19(14)23(21,22)13-7-4-3-6-12(13)17/h3-4,6-7,14H,2,5,8-11H2,1H3,(H,18,20)/t14-,16+/m0/s1. The molecule has 2 aliphatic heterocycles. The van der Waals surface area contributed by atoms with Gasteiger partial charge in [-0.15, -0.1) is 0 Å². The molecular weight excluding hydrogens is 319 g/mol. The number of nitrogens with one attached hydrogen (secondary N) is 1. The zero-order chi connectivity index (χ0) is 16.7. The number of benzene rings is 1. The summed E-state index contributed by atoms with van der Waals surface area (Å²) in [5.41, 5.74) is -0.511. The van der Waals surface area contributed by atoms with E-state index in [1.807, 2.05) is 6.92 Å². The van der Waals surface area contributed by atoms with Crippen LogP contribution in [0.25, 0.3) is 0 Å². The van der Waals surface area contributed by atoms with E-state index in [0.29, 0.717) is 32.2 Å². The van der Waals surface area contributed by atoms with Gasteiger partial charge in [-0.25, -0.2) is 12.8 Å². The molecular formula is C16H21FN2O3S. The summed E-state index contributed by atoms with van der Waals surface area (Å²) in [7, 11) is -3.93. The first-order chi connectivity index (χ1) is 10.9. The number of rotatable bonds is 3. The van der Waals surface area contributed by atoms with Crippen molar-refractivity contribution in [1.29, 1.82) is 0 Å². The maximum absolute atomic E-state index is 14.0. The second kappa shape index (κ2) is 5.87. The number of carbonyl (C=O) groups excluding carboxylic acids is 1. The Bertz CT molecular complexity index is 722. The number of sulfonamides is 1. The maximum atomic E-state index is 14.0. The van der Waals surface area contributed by atoms with Crippen LogP contribution in [0.2, 0.25) is 0 Å². The Morgan fingerprint density at radius 2 is 2.09 bits per heavy atom. The molecule has 0 aliphatic carbocycles. The van der Waals surface area contributed by atoms with Gasteiger partial charge in [0.25, 0.3) is 0 Å². The van der Waals surface area contributed by atoms with Crippen LogP contribution in [0, 0.1) is 5.82 Å². The number of nitrogens with zero attached hydrogens (tertiary/aromatic N) is 1. The van der Waals surface area contributed by atoms with Gasteiger partial charge in [-0.1, -0.05) is 19.1 Å². The van der Waals surface area contributed by atoms with E-state index in [4.69, 9.17) is 0 Å². The van der Waals surface area contributed by atoms with Gasteiger partial charge in [0.2, 0.25) is 15.9 Å². The number of carbonyl (C=O) groups is 1. The summed E-state index contributed by atoms with van der Waals surface area (Å²) in [6.07, 6.45) is 3.05. The van der Waals surface area contributed by atoms with Crippen LogP contribution in [0.15, 0.2) is 29.2 Å². The van der Waals surface area contributed by atoms with Crippen molar-refractivity contribution in [2.24, 2.45) is 0 Å². The van der Waals surface area contributed by atoms with E-state index in [1.54, 1.807) is 0 Å². The highest BCUT2D eigenvalue weighted by molar-refractivity contribution is 7.89. The molecule has 0 radical (unpaired) electrons. The van der Waals surface area contributed by atoms with Gasteiger partial charge in [-0.3, -0.25) is 4.79 Å². The predicted molar refractivity (Wildman–Crippen MR) is 83.7 cm³/mol.